The maximum Gasteiger partial charge on any atom is 0.0666 e. The molecule has 14 heavy (non-hydrogen) atoms. The van der Waals surface area contributed by atoms with E-state index >= 15 is 0 Å². The summed E-state index contributed by atoms with van der Waals surface area (Å²) in [5, 5.41) is 12.3. The van der Waals surface area contributed by atoms with E-state index in [0.717, 1.165) is 18.1 Å². The van der Waals surface area contributed by atoms with Gasteiger partial charge in [0.15, 0.2) is 0 Å². The molecule has 1 heterocycles. The van der Waals surface area contributed by atoms with Gasteiger partial charge in [-0.1, -0.05) is 0 Å². The van der Waals surface area contributed by atoms with Crippen LogP contribution in [0, 0.1) is 0 Å². The highest BCUT2D eigenvalue weighted by Gasteiger charge is 2.22. The summed E-state index contributed by atoms with van der Waals surface area (Å²) in [6.07, 6.45) is 2.84. The van der Waals surface area contributed by atoms with E-state index in [1.807, 2.05) is 25.7 Å². The predicted molar refractivity (Wildman–Crippen MR) is 60.8 cm³/mol. The van der Waals surface area contributed by atoms with Crippen LogP contribution < -0.4 is 5.32 Å². The van der Waals surface area contributed by atoms with Crippen LogP contribution in [-0.2, 0) is 4.74 Å². The van der Waals surface area contributed by atoms with E-state index in [1.54, 1.807) is 0 Å². The van der Waals surface area contributed by atoms with E-state index in [-0.39, 0.29) is 12.1 Å². The predicted octanol–water partition coefficient (Wildman–Crippen LogP) is 0.869. The zero-order chi connectivity index (χ0) is 10.4. The molecule has 3 nitrogen and oxygen atoms in total. The molecule has 0 saturated carbocycles. The smallest absolute Gasteiger partial charge is 0.0666 e. The summed E-state index contributed by atoms with van der Waals surface area (Å²) in [6, 6.07) is 0. The average Bonchev–Trinajstić information content (AvgIpc) is 2.70. The minimum Gasteiger partial charge on any atom is -0.394 e. The maximum absolute atomic E-state index is 9.17. The summed E-state index contributed by atoms with van der Waals surface area (Å²) < 4.78 is 5.53. The normalized spacial score (nSPS) is 26.4. The Bertz CT molecular complexity index is 156. The molecular formula is C10H21NO2S. The molecule has 1 fully saturated rings. The van der Waals surface area contributed by atoms with Crippen LogP contribution >= 0.6 is 11.8 Å². The molecule has 1 saturated heterocycles. The van der Waals surface area contributed by atoms with Gasteiger partial charge in [0.05, 0.1) is 12.7 Å². The molecule has 4 heteroatoms. The Hall–Kier alpha value is 0.230. The molecule has 0 aromatic rings. The van der Waals surface area contributed by atoms with Crippen molar-refractivity contribution < 1.29 is 9.84 Å². The Balaban J connectivity index is 2.12. The highest BCUT2D eigenvalue weighted by molar-refractivity contribution is 7.99. The van der Waals surface area contributed by atoms with Gasteiger partial charge in [-0.2, -0.15) is 11.8 Å². The van der Waals surface area contributed by atoms with Crippen LogP contribution in [0.3, 0.4) is 0 Å². The number of ether oxygens (including phenoxy) is 1. The van der Waals surface area contributed by atoms with E-state index in [9.17, 15) is 5.11 Å². The topological polar surface area (TPSA) is 41.5 Å². The lowest BCUT2D eigenvalue weighted by atomic mass is 10.1. The fraction of sp³-hybridized carbons (Fsp3) is 1.00. The first kappa shape index (κ1) is 12.3. The summed E-state index contributed by atoms with van der Waals surface area (Å²) >= 11 is 1.86. The summed E-state index contributed by atoms with van der Waals surface area (Å²) in [5.74, 6) is 1.98. The van der Waals surface area contributed by atoms with Gasteiger partial charge in [0, 0.05) is 23.7 Å². The van der Waals surface area contributed by atoms with Gasteiger partial charge in [-0.3, -0.25) is 0 Å². The van der Waals surface area contributed by atoms with Crippen molar-refractivity contribution in [2.45, 2.75) is 31.4 Å². The van der Waals surface area contributed by atoms with Gasteiger partial charge in [0.1, 0.15) is 0 Å². The monoisotopic (exact) mass is 219 g/mol. The van der Waals surface area contributed by atoms with Crippen molar-refractivity contribution >= 4 is 11.8 Å². The van der Waals surface area contributed by atoms with Crippen LogP contribution in [0.15, 0.2) is 0 Å². The molecule has 0 spiro atoms. The molecule has 0 radical (unpaired) electrons. The second-order valence-corrected chi connectivity index (χ2v) is 5.15. The molecule has 0 amide bonds. The van der Waals surface area contributed by atoms with Crippen molar-refractivity contribution in [1.29, 1.82) is 0 Å². The number of thioether (sulfide) groups is 1. The third-order valence-electron chi connectivity index (χ3n) is 2.70. The van der Waals surface area contributed by atoms with Crippen molar-refractivity contribution in [3.05, 3.63) is 0 Å². The Kier molecular flexibility index (Phi) is 5.23. The molecule has 1 aliphatic heterocycles. The molecular weight excluding hydrogens is 198 g/mol. The molecule has 2 unspecified atom stereocenters. The third kappa shape index (κ3) is 3.77. The van der Waals surface area contributed by atoms with Crippen molar-refractivity contribution in [3.63, 3.8) is 0 Å². The lowest BCUT2D eigenvalue weighted by molar-refractivity contribution is 0.128. The molecule has 1 aliphatic rings. The van der Waals surface area contributed by atoms with Gasteiger partial charge in [0.2, 0.25) is 0 Å². The third-order valence-corrected chi connectivity index (χ3v) is 4.15. The number of hydrogen-bond donors (Lipinski definition) is 2. The second-order valence-electron chi connectivity index (χ2n) is 4.12. The quantitative estimate of drug-likeness (QED) is 0.695. The molecule has 0 aromatic carbocycles. The van der Waals surface area contributed by atoms with Gasteiger partial charge < -0.3 is 15.2 Å². The van der Waals surface area contributed by atoms with Gasteiger partial charge >= 0.3 is 0 Å². The zero-order valence-corrected chi connectivity index (χ0v) is 9.90. The van der Waals surface area contributed by atoms with Crippen LogP contribution in [0.5, 0.6) is 0 Å². The van der Waals surface area contributed by atoms with Crippen LogP contribution in [-0.4, -0.2) is 48.5 Å². The number of nitrogens with one attached hydrogen (secondary N) is 1. The summed E-state index contributed by atoms with van der Waals surface area (Å²) in [5.41, 5.74) is -0.150. The lowest BCUT2D eigenvalue weighted by Crippen LogP contribution is -2.46. The number of hydrogen-bond acceptors (Lipinski definition) is 4. The molecule has 2 atom stereocenters. The first-order valence-corrected chi connectivity index (χ1v) is 6.35. The number of rotatable bonds is 6. The standard InChI is InChI=1S/C10H21NO2S/c1-10(7-12,11-2)8-14-6-9-4-3-5-13-9/h9,11-12H,3-8H2,1-2H3. The second kappa shape index (κ2) is 5.95. The first-order chi connectivity index (χ1) is 6.70. The molecule has 0 aromatic heterocycles. The average molecular weight is 219 g/mol. The van der Waals surface area contributed by atoms with Crippen molar-refractivity contribution in [3.8, 4) is 0 Å². The van der Waals surface area contributed by atoms with Gasteiger partial charge in [0.25, 0.3) is 0 Å². The highest BCUT2D eigenvalue weighted by atomic mass is 32.2. The van der Waals surface area contributed by atoms with Crippen molar-refractivity contribution in [2.75, 3.05) is 31.8 Å². The lowest BCUT2D eigenvalue weighted by Gasteiger charge is -2.26. The van der Waals surface area contributed by atoms with Gasteiger partial charge in [-0.25, -0.2) is 0 Å². The van der Waals surface area contributed by atoms with E-state index < -0.39 is 0 Å². The molecule has 2 N–H and O–H groups in total. The fourth-order valence-electron chi connectivity index (χ4n) is 1.39. The first-order valence-electron chi connectivity index (χ1n) is 5.19. The molecule has 84 valence electrons. The number of aliphatic hydroxyl groups is 1. The van der Waals surface area contributed by atoms with E-state index in [1.165, 1.54) is 12.8 Å². The van der Waals surface area contributed by atoms with E-state index in [0.29, 0.717) is 6.10 Å². The Morgan fingerprint density at radius 1 is 1.64 bits per heavy atom. The number of aliphatic hydroxyl groups excluding tert-OH is 1. The Morgan fingerprint density at radius 3 is 2.93 bits per heavy atom. The SMILES string of the molecule is CNC(C)(CO)CSCC1CCCO1. The number of likely N-dealkylation sites (N-methyl/N-ethyl adjacent to an activating group) is 1. The van der Waals surface area contributed by atoms with E-state index in [4.69, 9.17) is 4.74 Å². The maximum atomic E-state index is 9.17. The van der Waals surface area contributed by atoms with Crippen LogP contribution in [0.25, 0.3) is 0 Å². The van der Waals surface area contributed by atoms with Crippen LogP contribution in [0.1, 0.15) is 19.8 Å². The highest BCUT2D eigenvalue weighted by Crippen LogP contribution is 2.19. The van der Waals surface area contributed by atoms with Gasteiger partial charge in [-0.15, -0.1) is 0 Å². The van der Waals surface area contributed by atoms with Crippen molar-refractivity contribution in [1.82, 2.24) is 5.32 Å². The summed E-state index contributed by atoms with van der Waals surface area (Å²) in [4.78, 5) is 0. The zero-order valence-electron chi connectivity index (χ0n) is 9.08. The van der Waals surface area contributed by atoms with Crippen molar-refractivity contribution in [2.24, 2.45) is 0 Å². The fourth-order valence-corrected chi connectivity index (χ4v) is 2.72. The minimum atomic E-state index is -0.150. The van der Waals surface area contributed by atoms with Crippen LogP contribution in [0.4, 0.5) is 0 Å². The van der Waals surface area contributed by atoms with Gasteiger partial charge in [-0.05, 0) is 26.8 Å². The largest absolute Gasteiger partial charge is 0.394 e. The minimum absolute atomic E-state index is 0.150. The Morgan fingerprint density at radius 2 is 2.43 bits per heavy atom. The summed E-state index contributed by atoms with van der Waals surface area (Å²) in [6.45, 7) is 3.14. The molecule has 1 rings (SSSR count). The molecule has 0 aliphatic carbocycles. The van der Waals surface area contributed by atoms with E-state index in [2.05, 4.69) is 5.32 Å². The Labute approximate surface area is 90.6 Å². The molecule has 0 bridgehead atoms. The van der Waals surface area contributed by atoms with Crippen LogP contribution in [0.2, 0.25) is 0 Å². The summed E-state index contributed by atoms with van der Waals surface area (Å²) in [7, 11) is 1.89.